The third-order valence-electron chi connectivity index (χ3n) is 5.22. The lowest BCUT2D eigenvalue weighted by molar-refractivity contribution is -0.137. The highest BCUT2D eigenvalue weighted by molar-refractivity contribution is 6.35. The van der Waals surface area contributed by atoms with Crippen LogP contribution in [0.4, 0.5) is 0 Å². The number of aryl methyl sites for hydroxylation is 1. The second kappa shape index (κ2) is 9.18. The van der Waals surface area contributed by atoms with Crippen molar-refractivity contribution in [3.8, 4) is 0 Å². The number of ether oxygens (including phenoxy) is 1. The summed E-state index contributed by atoms with van der Waals surface area (Å²) in [4.78, 5) is 29.7. The molecule has 1 fully saturated rings. The van der Waals surface area contributed by atoms with E-state index in [1.165, 1.54) is 4.90 Å². The van der Waals surface area contributed by atoms with Crippen molar-refractivity contribution in [3.05, 3.63) is 41.1 Å². The monoisotopic (exact) mass is 370 g/mol. The van der Waals surface area contributed by atoms with Crippen LogP contribution in [0.25, 0.3) is 5.57 Å². The van der Waals surface area contributed by atoms with E-state index in [2.05, 4.69) is 11.8 Å². The van der Waals surface area contributed by atoms with E-state index >= 15 is 0 Å². The molecule has 1 aromatic carbocycles. The number of carbonyl (C=O) groups excluding carboxylic acids is 2. The number of nitrogens with zero attached hydrogens (tertiary/aromatic N) is 2. The maximum Gasteiger partial charge on any atom is 0.277 e. The summed E-state index contributed by atoms with van der Waals surface area (Å²) >= 11 is 0. The number of likely N-dealkylation sites (tertiary alicyclic amines) is 1. The fourth-order valence-corrected chi connectivity index (χ4v) is 3.65. The summed E-state index contributed by atoms with van der Waals surface area (Å²) in [6.07, 6.45) is 4.95. The van der Waals surface area contributed by atoms with Gasteiger partial charge in [-0.15, -0.1) is 0 Å². The molecule has 0 radical (unpaired) electrons. The first-order valence-corrected chi connectivity index (χ1v) is 10.1. The van der Waals surface area contributed by atoms with Gasteiger partial charge in [-0.05, 0) is 38.2 Å². The number of benzene rings is 1. The summed E-state index contributed by atoms with van der Waals surface area (Å²) < 4.78 is 5.58. The highest BCUT2D eigenvalue weighted by Gasteiger charge is 2.41. The number of imide groups is 1. The van der Waals surface area contributed by atoms with Crippen molar-refractivity contribution in [3.63, 3.8) is 0 Å². The minimum absolute atomic E-state index is 0.147. The molecule has 0 spiro atoms. The van der Waals surface area contributed by atoms with Gasteiger partial charge >= 0.3 is 0 Å². The van der Waals surface area contributed by atoms with Crippen LogP contribution in [-0.2, 0) is 14.3 Å². The first-order valence-electron chi connectivity index (χ1n) is 10.1. The van der Waals surface area contributed by atoms with Crippen LogP contribution >= 0.6 is 0 Å². The van der Waals surface area contributed by atoms with Gasteiger partial charge in [0.15, 0.2) is 0 Å². The number of amides is 2. The predicted molar refractivity (Wildman–Crippen MR) is 106 cm³/mol. The van der Waals surface area contributed by atoms with Gasteiger partial charge in [-0.3, -0.25) is 14.5 Å². The fraction of sp³-hybridized carbons (Fsp3) is 0.545. The highest BCUT2D eigenvalue weighted by atomic mass is 16.5. The van der Waals surface area contributed by atoms with Gasteiger partial charge in [0, 0.05) is 32.8 Å². The van der Waals surface area contributed by atoms with Crippen LogP contribution in [-0.4, -0.2) is 54.5 Å². The topological polar surface area (TPSA) is 49.9 Å². The first kappa shape index (κ1) is 19.6. The van der Waals surface area contributed by atoms with Crippen molar-refractivity contribution in [1.29, 1.82) is 0 Å². The zero-order valence-electron chi connectivity index (χ0n) is 16.5. The van der Waals surface area contributed by atoms with Crippen molar-refractivity contribution in [2.75, 3.05) is 32.8 Å². The summed E-state index contributed by atoms with van der Waals surface area (Å²) in [5, 5.41) is 0. The molecule has 0 bridgehead atoms. The molecule has 0 atom stereocenters. The van der Waals surface area contributed by atoms with E-state index in [9.17, 15) is 9.59 Å². The van der Waals surface area contributed by atoms with Crippen LogP contribution in [0.3, 0.4) is 0 Å². The average molecular weight is 370 g/mol. The van der Waals surface area contributed by atoms with Gasteiger partial charge in [0.1, 0.15) is 5.70 Å². The number of hydrogen-bond acceptors (Lipinski definition) is 4. The molecule has 2 heterocycles. The Kier molecular flexibility index (Phi) is 6.67. The quantitative estimate of drug-likeness (QED) is 0.494. The van der Waals surface area contributed by atoms with E-state index < -0.39 is 0 Å². The third kappa shape index (κ3) is 4.41. The fourth-order valence-electron chi connectivity index (χ4n) is 3.65. The molecule has 0 aliphatic carbocycles. The lowest BCUT2D eigenvalue weighted by Gasteiger charge is -2.20. The van der Waals surface area contributed by atoms with Gasteiger partial charge in [0.25, 0.3) is 11.8 Å². The molecule has 0 aromatic heterocycles. The smallest absolute Gasteiger partial charge is 0.277 e. The van der Waals surface area contributed by atoms with Crippen LogP contribution < -0.4 is 0 Å². The number of unbranched alkanes of at least 4 members (excludes halogenated alkanes) is 1. The largest absolute Gasteiger partial charge is 0.381 e. The molecular formula is C22H30N2O3. The molecule has 2 amide bonds. The lowest BCUT2D eigenvalue weighted by atomic mass is 10.0. The molecule has 27 heavy (non-hydrogen) atoms. The van der Waals surface area contributed by atoms with Crippen molar-refractivity contribution in [2.45, 2.75) is 46.0 Å². The van der Waals surface area contributed by atoms with Gasteiger partial charge in [0.05, 0.1) is 5.57 Å². The van der Waals surface area contributed by atoms with Crippen LogP contribution in [0.1, 0.15) is 50.2 Å². The molecular weight excluding hydrogens is 340 g/mol. The normalized spacial score (nSPS) is 17.6. The molecule has 5 heteroatoms. The molecule has 0 N–H and O–H groups in total. The van der Waals surface area contributed by atoms with E-state index in [-0.39, 0.29) is 11.8 Å². The van der Waals surface area contributed by atoms with E-state index in [4.69, 9.17) is 4.74 Å². The number of rotatable bonds is 9. The predicted octanol–water partition coefficient (Wildman–Crippen LogP) is 3.38. The Labute approximate surface area is 162 Å². The molecule has 2 aliphatic rings. The standard InChI is InChI=1S/C22H30N2O3/c1-3-4-15-27-16-7-14-24-21(25)19(18-10-8-17(2)9-11-18)20(22(24)26)23-12-5-6-13-23/h8-11H,3-7,12-16H2,1-2H3. The molecule has 0 unspecified atom stereocenters. The first-order chi connectivity index (χ1) is 13.1. The second-order valence-corrected chi connectivity index (χ2v) is 7.37. The van der Waals surface area contributed by atoms with Gasteiger partial charge in [-0.2, -0.15) is 0 Å². The van der Waals surface area contributed by atoms with Crippen LogP contribution in [0.2, 0.25) is 0 Å². The Morgan fingerprint density at radius 3 is 2.30 bits per heavy atom. The highest BCUT2D eigenvalue weighted by Crippen LogP contribution is 2.33. The molecule has 3 rings (SSSR count). The van der Waals surface area contributed by atoms with Gasteiger partial charge in [0.2, 0.25) is 0 Å². The third-order valence-corrected chi connectivity index (χ3v) is 5.22. The summed E-state index contributed by atoms with van der Waals surface area (Å²) in [5.41, 5.74) is 3.13. The minimum Gasteiger partial charge on any atom is -0.381 e. The van der Waals surface area contributed by atoms with E-state index in [0.717, 1.165) is 56.5 Å². The Hall–Kier alpha value is -2.14. The van der Waals surface area contributed by atoms with E-state index in [0.29, 0.717) is 30.8 Å². The zero-order valence-corrected chi connectivity index (χ0v) is 16.5. The molecule has 2 aliphatic heterocycles. The Balaban J connectivity index is 1.76. The summed E-state index contributed by atoms with van der Waals surface area (Å²) in [6.45, 7) is 7.57. The van der Waals surface area contributed by atoms with Crippen LogP contribution in [0, 0.1) is 6.92 Å². The van der Waals surface area contributed by atoms with Crippen LogP contribution in [0.5, 0.6) is 0 Å². The SMILES string of the molecule is CCCCOCCCN1C(=O)C(c2ccc(C)cc2)=C(N2CCCC2)C1=O. The number of hydrogen-bond donors (Lipinski definition) is 0. The van der Waals surface area contributed by atoms with Crippen molar-refractivity contribution >= 4 is 17.4 Å². The zero-order chi connectivity index (χ0) is 19.2. The second-order valence-electron chi connectivity index (χ2n) is 7.37. The Morgan fingerprint density at radius 2 is 1.63 bits per heavy atom. The van der Waals surface area contributed by atoms with Crippen molar-refractivity contribution in [2.24, 2.45) is 0 Å². The Morgan fingerprint density at radius 1 is 0.963 bits per heavy atom. The molecule has 0 saturated carbocycles. The van der Waals surface area contributed by atoms with Gasteiger partial charge < -0.3 is 9.64 Å². The minimum atomic E-state index is -0.167. The van der Waals surface area contributed by atoms with E-state index in [1.54, 1.807) is 0 Å². The molecule has 1 saturated heterocycles. The van der Waals surface area contributed by atoms with Crippen LogP contribution in [0.15, 0.2) is 30.0 Å². The average Bonchev–Trinajstić information content (AvgIpc) is 3.27. The summed E-state index contributed by atoms with van der Waals surface area (Å²) in [6, 6.07) is 7.88. The maximum atomic E-state index is 13.1. The van der Waals surface area contributed by atoms with Crippen molar-refractivity contribution < 1.29 is 14.3 Å². The maximum absolute atomic E-state index is 13.1. The molecule has 5 nitrogen and oxygen atoms in total. The summed E-state index contributed by atoms with van der Waals surface area (Å²) in [7, 11) is 0. The lowest BCUT2D eigenvalue weighted by Crippen LogP contribution is -2.35. The van der Waals surface area contributed by atoms with Gasteiger partial charge in [-0.25, -0.2) is 0 Å². The Bertz CT molecular complexity index is 703. The van der Waals surface area contributed by atoms with E-state index in [1.807, 2.05) is 31.2 Å². The summed E-state index contributed by atoms with van der Waals surface area (Å²) in [5.74, 6) is -0.314. The molecule has 1 aromatic rings. The number of carbonyl (C=O) groups is 2. The van der Waals surface area contributed by atoms with Crippen molar-refractivity contribution in [1.82, 2.24) is 9.80 Å². The molecule has 146 valence electrons. The van der Waals surface area contributed by atoms with Gasteiger partial charge in [-0.1, -0.05) is 43.2 Å².